The summed E-state index contributed by atoms with van der Waals surface area (Å²) in [6, 6.07) is 0. The molecule has 0 bridgehead atoms. The van der Waals surface area contributed by atoms with E-state index in [1.165, 1.54) is 18.7 Å². The first kappa shape index (κ1) is 7.56. The molecule has 2 aliphatic rings. The second kappa shape index (κ2) is 2.35. The first-order valence-electron chi connectivity index (χ1n) is 4.93. The minimum Gasteiger partial charge on any atom is -0.378 e. The molecule has 1 spiro atoms. The average molecular weight is 178 g/mol. The Hall–Kier alpha value is -0.830. The molecule has 1 aliphatic carbocycles. The van der Waals surface area contributed by atoms with E-state index in [0.717, 1.165) is 13.2 Å². The normalized spacial score (nSPS) is 29.8. The largest absolute Gasteiger partial charge is 0.378 e. The Balaban J connectivity index is 2.10. The topological polar surface area (TPSA) is 27.1 Å². The number of ether oxygens (including phenoxy) is 1. The van der Waals surface area contributed by atoms with E-state index in [-0.39, 0.29) is 5.54 Å². The Morgan fingerprint density at radius 2 is 2.46 bits per heavy atom. The van der Waals surface area contributed by atoms with E-state index in [1.54, 1.807) is 0 Å². The Morgan fingerprint density at radius 3 is 3.23 bits per heavy atom. The van der Waals surface area contributed by atoms with Crippen molar-refractivity contribution in [1.29, 1.82) is 0 Å². The molecule has 3 rings (SSSR count). The standard InChI is InChI=1S/C10H14N2O/c1-8-6-13-7-10(2-3-10)12-5-4-11-9(8)12/h4-5,8H,2-3,6-7H2,1H3. The van der Waals surface area contributed by atoms with Crippen LogP contribution in [0.3, 0.4) is 0 Å². The zero-order chi connectivity index (χ0) is 8.89. The van der Waals surface area contributed by atoms with Crippen molar-refractivity contribution in [2.45, 2.75) is 31.2 Å². The molecular formula is C10H14N2O. The van der Waals surface area contributed by atoms with Crippen LogP contribution in [0.4, 0.5) is 0 Å². The summed E-state index contributed by atoms with van der Waals surface area (Å²) in [4.78, 5) is 4.42. The molecule has 0 N–H and O–H groups in total. The monoisotopic (exact) mass is 178 g/mol. The molecule has 70 valence electrons. The molecule has 13 heavy (non-hydrogen) atoms. The highest BCUT2D eigenvalue weighted by Crippen LogP contribution is 2.46. The minimum atomic E-state index is 0.288. The average Bonchev–Trinajstić information content (AvgIpc) is 2.78. The van der Waals surface area contributed by atoms with Gasteiger partial charge in [-0.15, -0.1) is 0 Å². The van der Waals surface area contributed by atoms with Gasteiger partial charge in [0.15, 0.2) is 0 Å². The third-order valence-corrected chi connectivity index (χ3v) is 3.19. The zero-order valence-corrected chi connectivity index (χ0v) is 7.86. The van der Waals surface area contributed by atoms with Crippen LogP contribution in [0.15, 0.2) is 12.4 Å². The number of nitrogens with zero attached hydrogens (tertiary/aromatic N) is 2. The predicted molar refractivity (Wildman–Crippen MR) is 48.7 cm³/mol. The van der Waals surface area contributed by atoms with Crippen LogP contribution >= 0.6 is 0 Å². The van der Waals surface area contributed by atoms with E-state index in [9.17, 15) is 0 Å². The summed E-state index contributed by atoms with van der Waals surface area (Å²) >= 11 is 0. The van der Waals surface area contributed by atoms with Crippen molar-refractivity contribution in [3.8, 4) is 0 Å². The maximum atomic E-state index is 5.66. The van der Waals surface area contributed by atoms with Gasteiger partial charge in [0.05, 0.1) is 18.8 Å². The van der Waals surface area contributed by atoms with Crippen molar-refractivity contribution in [3.05, 3.63) is 18.2 Å². The Labute approximate surface area is 77.7 Å². The molecule has 0 radical (unpaired) electrons. The van der Waals surface area contributed by atoms with Crippen molar-refractivity contribution in [2.75, 3.05) is 13.2 Å². The fourth-order valence-electron chi connectivity index (χ4n) is 2.18. The maximum absolute atomic E-state index is 5.66. The molecule has 3 heteroatoms. The highest BCUT2D eigenvalue weighted by Gasteiger charge is 2.47. The van der Waals surface area contributed by atoms with Crippen LogP contribution in [0.1, 0.15) is 31.5 Å². The highest BCUT2D eigenvalue weighted by molar-refractivity contribution is 5.12. The molecular weight excluding hydrogens is 164 g/mol. The van der Waals surface area contributed by atoms with Crippen molar-refractivity contribution in [1.82, 2.24) is 9.55 Å². The minimum absolute atomic E-state index is 0.288. The van der Waals surface area contributed by atoms with E-state index in [2.05, 4.69) is 22.7 Å². The Morgan fingerprint density at radius 1 is 1.62 bits per heavy atom. The van der Waals surface area contributed by atoms with Gasteiger partial charge < -0.3 is 9.30 Å². The van der Waals surface area contributed by atoms with Gasteiger partial charge in [0.25, 0.3) is 0 Å². The van der Waals surface area contributed by atoms with Gasteiger partial charge in [-0.25, -0.2) is 4.98 Å². The summed E-state index contributed by atoms with van der Waals surface area (Å²) in [6.07, 6.45) is 6.52. The Kier molecular flexibility index (Phi) is 1.37. The number of fused-ring (bicyclic) bond motifs is 2. The molecule has 0 amide bonds. The fourth-order valence-corrected chi connectivity index (χ4v) is 2.18. The van der Waals surface area contributed by atoms with Gasteiger partial charge in [-0.3, -0.25) is 0 Å². The Bertz CT molecular complexity index is 327. The first-order valence-corrected chi connectivity index (χ1v) is 4.93. The molecule has 1 fully saturated rings. The van der Waals surface area contributed by atoms with Crippen LogP contribution in [0.25, 0.3) is 0 Å². The summed E-state index contributed by atoms with van der Waals surface area (Å²) in [5.74, 6) is 1.64. The van der Waals surface area contributed by atoms with Crippen LogP contribution in [-0.2, 0) is 10.3 Å². The molecule has 3 nitrogen and oxygen atoms in total. The lowest BCUT2D eigenvalue weighted by atomic mass is 10.2. The first-order chi connectivity index (χ1) is 6.32. The summed E-state index contributed by atoms with van der Waals surface area (Å²) in [5, 5.41) is 0. The van der Waals surface area contributed by atoms with Gasteiger partial charge >= 0.3 is 0 Å². The molecule has 1 aromatic heterocycles. The van der Waals surface area contributed by atoms with Gasteiger partial charge in [0, 0.05) is 18.3 Å². The highest BCUT2D eigenvalue weighted by atomic mass is 16.5. The van der Waals surface area contributed by atoms with Gasteiger partial charge in [-0.05, 0) is 12.8 Å². The van der Waals surface area contributed by atoms with E-state index in [1.807, 2.05) is 6.20 Å². The second-order valence-corrected chi connectivity index (χ2v) is 4.30. The summed E-state index contributed by atoms with van der Waals surface area (Å²) in [6.45, 7) is 3.87. The molecule has 1 unspecified atom stereocenters. The fraction of sp³-hybridized carbons (Fsp3) is 0.700. The third kappa shape index (κ3) is 0.967. The van der Waals surface area contributed by atoms with Crippen molar-refractivity contribution >= 4 is 0 Å². The van der Waals surface area contributed by atoms with Crippen LogP contribution in [0.5, 0.6) is 0 Å². The summed E-state index contributed by atoms with van der Waals surface area (Å²) in [7, 11) is 0. The molecule has 0 saturated heterocycles. The van der Waals surface area contributed by atoms with Crippen molar-refractivity contribution < 1.29 is 4.74 Å². The summed E-state index contributed by atoms with van der Waals surface area (Å²) < 4.78 is 8.00. The van der Waals surface area contributed by atoms with E-state index in [4.69, 9.17) is 4.74 Å². The molecule has 1 aromatic rings. The number of imidazole rings is 1. The number of rotatable bonds is 0. The van der Waals surface area contributed by atoms with Crippen LogP contribution < -0.4 is 0 Å². The van der Waals surface area contributed by atoms with E-state index < -0.39 is 0 Å². The molecule has 0 aromatic carbocycles. The second-order valence-electron chi connectivity index (χ2n) is 4.30. The van der Waals surface area contributed by atoms with Crippen molar-refractivity contribution in [2.24, 2.45) is 0 Å². The van der Waals surface area contributed by atoms with Gasteiger partial charge in [-0.2, -0.15) is 0 Å². The third-order valence-electron chi connectivity index (χ3n) is 3.19. The quantitative estimate of drug-likeness (QED) is 0.602. The lowest BCUT2D eigenvalue weighted by molar-refractivity contribution is 0.101. The maximum Gasteiger partial charge on any atom is 0.114 e. The van der Waals surface area contributed by atoms with Gasteiger partial charge in [0.1, 0.15) is 5.82 Å². The smallest absolute Gasteiger partial charge is 0.114 e. The summed E-state index contributed by atoms with van der Waals surface area (Å²) in [5.41, 5.74) is 0.288. The molecule has 2 heterocycles. The van der Waals surface area contributed by atoms with Crippen LogP contribution in [0, 0.1) is 0 Å². The van der Waals surface area contributed by atoms with E-state index >= 15 is 0 Å². The SMILES string of the molecule is CC1COCC2(CC2)n2ccnc21. The number of aromatic nitrogens is 2. The zero-order valence-electron chi connectivity index (χ0n) is 7.86. The van der Waals surface area contributed by atoms with Gasteiger partial charge in [-0.1, -0.05) is 6.92 Å². The molecule has 1 aliphatic heterocycles. The van der Waals surface area contributed by atoms with Crippen molar-refractivity contribution in [3.63, 3.8) is 0 Å². The number of hydrogen-bond acceptors (Lipinski definition) is 2. The van der Waals surface area contributed by atoms with Gasteiger partial charge in [0.2, 0.25) is 0 Å². The molecule has 1 atom stereocenters. The van der Waals surface area contributed by atoms with Crippen LogP contribution in [0.2, 0.25) is 0 Å². The van der Waals surface area contributed by atoms with E-state index in [0.29, 0.717) is 5.92 Å². The lowest BCUT2D eigenvalue weighted by Crippen LogP contribution is -2.21. The lowest BCUT2D eigenvalue weighted by Gasteiger charge is -2.15. The number of hydrogen-bond donors (Lipinski definition) is 0. The van der Waals surface area contributed by atoms with Crippen LogP contribution in [-0.4, -0.2) is 22.8 Å². The predicted octanol–water partition coefficient (Wildman–Crippen LogP) is 1.51. The molecule has 1 saturated carbocycles.